The number of aromatic amines is 1. The van der Waals surface area contributed by atoms with E-state index in [9.17, 15) is 9.59 Å². The third kappa shape index (κ3) is 4.06. The Morgan fingerprint density at radius 2 is 1.84 bits per heavy atom. The van der Waals surface area contributed by atoms with Crippen LogP contribution < -0.4 is 9.47 Å². The number of nitrogens with one attached hydrogen (secondary N) is 1. The topological polar surface area (TPSA) is 77.6 Å². The van der Waals surface area contributed by atoms with Crippen LogP contribution in [0.1, 0.15) is 55.6 Å². The van der Waals surface area contributed by atoms with E-state index in [4.69, 9.17) is 14.2 Å². The van der Waals surface area contributed by atoms with E-state index in [1.165, 1.54) is 0 Å². The van der Waals surface area contributed by atoms with Crippen molar-refractivity contribution < 1.29 is 23.8 Å². The van der Waals surface area contributed by atoms with Gasteiger partial charge in [0.1, 0.15) is 23.8 Å². The molecule has 0 aliphatic heterocycles. The van der Waals surface area contributed by atoms with E-state index in [0.29, 0.717) is 41.2 Å². The molecule has 1 N–H and O–H groups in total. The van der Waals surface area contributed by atoms with Crippen molar-refractivity contribution in [3.8, 4) is 11.5 Å². The van der Waals surface area contributed by atoms with Gasteiger partial charge < -0.3 is 19.2 Å². The van der Waals surface area contributed by atoms with Gasteiger partial charge in [0, 0.05) is 29.2 Å². The third-order valence-corrected chi connectivity index (χ3v) is 5.78. The van der Waals surface area contributed by atoms with E-state index in [1.54, 1.807) is 21.1 Å². The van der Waals surface area contributed by atoms with Gasteiger partial charge >= 0.3 is 5.97 Å². The van der Waals surface area contributed by atoms with Gasteiger partial charge in [-0.1, -0.05) is 30.3 Å². The lowest BCUT2D eigenvalue weighted by atomic mass is 9.81. The standard InChI is InChI=1S/C25H25NO5/c1-15-23-20(26-24(15)25(28)31-14-16-7-5-4-6-8-16)11-17(12-21(23)27)19-13-18(29-2)9-10-22(19)30-3/h4-10,13,17,26H,11-12,14H2,1-3H3/t17-/m1/s1. The van der Waals surface area contributed by atoms with Crippen molar-refractivity contribution in [2.45, 2.75) is 32.3 Å². The Bertz CT molecular complexity index is 1120. The van der Waals surface area contributed by atoms with Gasteiger partial charge in [0.15, 0.2) is 5.78 Å². The summed E-state index contributed by atoms with van der Waals surface area (Å²) in [7, 11) is 3.22. The first-order valence-electron chi connectivity index (χ1n) is 10.2. The summed E-state index contributed by atoms with van der Waals surface area (Å²) in [6.45, 7) is 1.97. The first kappa shape index (κ1) is 20.7. The van der Waals surface area contributed by atoms with Crippen molar-refractivity contribution in [3.63, 3.8) is 0 Å². The van der Waals surface area contributed by atoms with Crippen molar-refractivity contribution in [2.24, 2.45) is 0 Å². The first-order chi connectivity index (χ1) is 15.0. The third-order valence-electron chi connectivity index (χ3n) is 5.78. The molecule has 6 nitrogen and oxygen atoms in total. The molecule has 0 saturated heterocycles. The quantitative estimate of drug-likeness (QED) is 0.591. The fourth-order valence-electron chi connectivity index (χ4n) is 4.21. The first-order valence-corrected chi connectivity index (χ1v) is 10.2. The zero-order valence-electron chi connectivity index (χ0n) is 17.9. The van der Waals surface area contributed by atoms with Crippen LogP contribution in [-0.4, -0.2) is 31.0 Å². The number of hydrogen-bond acceptors (Lipinski definition) is 5. The molecule has 1 atom stereocenters. The van der Waals surface area contributed by atoms with Crippen molar-refractivity contribution in [1.82, 2.24) is 4.98 Å². The van der Waals surface area contributed by atoms with E-state index in [-0.39, 0.29) is 18.3 Å². The average Bonchev–Trinajstić information content (AvgIpc) is 3.14. The fraction of sp³-hybridized carbons (Fsp3) is 0.280. The highest BCUT2D eigenvalue weighted by atomic mass is 16.5. The van der Waals surface area contributed by atoms with Crippen LogP contribution in [0.15, 0.2) is 48.5 Å². The number of fused-ring (bicyclic) bond motifs is 1. The smallest absolute Gasteiger partial charge is 0.355 e. The summed E-state index contributed by atoms with van der Waals surface area (Å²) in [5.74, 6) is 0.900. The van der Waals surface area contributed by atoms with Crippen molar-refractivity contribution >= 4 is 11.8 Å². The van der Waals surface area contributed by atoms with Crippen LogP contribution in [0, 0.1) is 6.92 Å². The molecule has 1 heterocycles. The SMILES string of the molecule is COc1ccc(OC)c([C@H]2CC(=O)c3c([nH]c(C(=O)OCc4ccccc4)c3C)C2)c1. The van der Waals surface area contributed by atoms with Gasteiger partial charge in [0.2, 0.25) is 0 Å². The lowest BCUT2D eigenvalue weighted by Crippen LogP contribution is -2.19. The van der Waals surface area contributed by atoms with Crippen LogP contribution in [0.4, 0.5) is 0 Å². The summed E-state index contributed by atoms with van der Waals surface area (Å²) in [4.78, 5) is 28.9. The number of benzene rings is 2. The van der Waals surface area contributed by atoms with Gasteiger partial charge in [-0.15, -0.1) is 0 Å². The van der Waals surface area contributed by atoms with Crippen LogP contribution in [0.2, 0.25) is 0 Å². The number of esters is 1. The molecule has 0 unspecified atom stereocenters. The summed E-state index contributed by atoms with van der Waals surface area (Å²) in [5, 5.41) is 0. The number of carbonyl (C=O) groups excluding carboxylic acids is 2. The Balaban J connectivity index is 1.59. The van der Waals surface area contributed by atoms with E-state index < -0.39 is 5.97 Å². The minimum absolute atomic E-state index is 0.00647. The highest BCUT2D eigenvalue weighted by Gasteiger charge is 2.33. The van der Waals surface area contributed by atoms with Crippen LogP contribution in [-0.2, 0) is 17.8 Å². The molecular weight excluding hydrogens is 394 g/mol. The molecule has 0 fully saturated rings. The summed E-state index contributed by atoms with van der Waals surface area (Å²) in [6.07, 6.45) is 0.936. The zero-order chi connectivity index (χ0) is 22.0. The van der Waals surface area contributed by atoms with Crippen LogP contribution >= 0.6 is 0 Å². The van der Waals surface area contributed by atoms with E-state index in [0.717, 1.165) is 16.8 Å². The predicted molar refractivity (Wildman–Crippen MR) is 116 cm³/mol. The number of H-pyrrole nitrogens is 1. The number of methoxy groups -OCH3 is 2. The molecule has 1 aliphatic rings. The maximum absolute atomic E-state index is 13.0. The molecule has 0 saturated carbocycles. The molecule has 0 radical (unpaired) electrons. The Labute approximate surface area is 181 Å². The zero-order valence-corrected chi connectivity index (χ0v) is 17.9. The minimum Gasteiger partial charge on any atom is -0.497 e. The number of rotatable bonds is 6. The number of ketones is 1. The molecular formula is C25H25NO5. The molecule has 1 aliphatic carbocycles. The Kier molecular flexibility index (Phi) is 5.80. The van der Waals surface area contributed by atoms with Crippen LogP contribution in [0.3, 0.4) is 0 Å². The monoisotopic (exact) mass is 419 g/mol. The second-order valence-electron chi connectivity index (χ2n) is 7.68. The number of hydrogen-bond donors (Lipinski definition) is 1. The normalized spacial score (nSPS) is 15.3. The van der Waals surface area contributed by atoms with Gasteiger partial charge in [-0.25, -0.2) is 4.79 Å². The molecule has 6 heteroatoms. The lowest BCUT2D eigenvalue weighted by molar-refractivity contribution is 0.0465. The minimum atomic E-state index is -0.459. The molecule has 4 rings (SSSR count). The van der Waals surface area contributed by atoms with Gasteiger partial charge in [-0.2, -0.15) is 0 Å². The molecule has 160 valence electrons. The maximum Gasteiger partial charge on any atom is 0.355 e. The van der Waals surface area contributed by atoms with Crippen molar-refractivity contribution in [2.75, 3.05) is 14.2 Å². The number of Topliss-reactive ketones (excluding diaryl/α,β-unsaturated/α-hetero) is 1. The average molecular weight is 419 g/mol. The largest absolute Gasteiger partial charge is 0.497 e. The summed E-state index contributed by atoms with van der Waals surface area (Å²) < 4.78 is 16.3. The van der Waals surface area contributed by atoms with Crippen molar-refractivity contribution in [1.29, 1.82) is 0 Å². The maximum atomic E-state index is 13.0. The molecule has 3 aromatic rings. The number of carbonyl (C=O) groups is 2. The Hall–Kier alpha value is -3.54. The van der Waals surface area contributed by atoms with Crippen LogP contribution in [0.25, 0.3) is 0 Å². The van der Waals surface area contributed by atoms with E-state index >= 15 is 0 Å². The van der Waals surface area contributed by atoms with Crippen molar-refractivity contribution in [3.05, 3.63) is 82.2 Å². The molecule has 1 aromatic heterocycles. The second-order valence-corrected chi connectivity index (χ2v) is 7.68. The summed E-state index contributed by atoms with van der Waals surface area (Å²) >= 11 is 0. The Morgan fingerprint density at radius 3 is 2.55 bits per heavy atom. The Morgan fingerprint density at radius 1 is 1.06 bits per heavy atom. The van der Waals surface area contributed by atoms with E-state index in [1.807, 2.05) is 48.5 Å². The number of ether oxygens (including phenoxy) is 3. The van der Waals surface area contributed by atoms with Crippen LogP contribution in [0.5, 0.6) is 11.5 Å². The summed E-state index contributed by atoms with van der Waals surface area (Å²) in [6, 6.07) is 15.1. The fourth-order valence-corrected chi connectivity index (χ4v) is 4.21. The van der Waals surface area contributed by atoms with Gasteiger partial charge in [-0.05, 0) is 42.7 Å². The molecule has 31 heavy (non-hydrogen) atoms. The van der Waals surface area contributed by atoms with Gasteiger partial charge in [0.05, 0.1) is 14.2 Å². The highest BCUT2D eigenvalue weighted by Crippen LogP contribution is 2.40. The van der Waals surface area contributed by atoms with Gasteiger partial charge in [0.25, 0.3) is 0 Å². The second kappa shape index (κ2) is 8.68. The lowest BCUT2D eigenvalue weighted by Gasteiger charge is -2.24. The molecule has 2 aromatic carbocycles. The molecule has 0 bridgehead atoms. The predicted octanol–water partition coefficient (Wildman–Crippen LogP) is 4.61. The molecule has 0 amide bonds. The molecule has 0 spiro atoms. The number of aromatic nitrogens is 1. The van der Waals surface area contributed by atoms with Gasteiger partial charge in [-0.3, -0.25) is 4.79 Å². The van der Waals surface area contributed by atoms with E-state index in [2.05, 4.69) is 4.98 Å². The highest BCUT2D eigenvalue weighted by molar-refractivity contribution is 6.03. The summed E-state index contributed by atoms with van der Waals surface area (Å²) in [5.41, 5.74) is 4.18.